The summed E-state index contributed by atoms with van der Waals surface area (Å²) in [5.41, 5.74) is 0. The summed E-state index contributed by atoms with van der Waals surface area (Å²) in [5.74, 6) is -1.51. The van der Waals surface area contributed by atoms with Gasteiger partial charge in [0.05, 0.1) is 18.8 Å². The maximum Gasteiger partial charge on any atom is 0.472 e. The zero-order valence-electron chi connectivity index (χ0n) is 40.7. The van der Waals surface area contributed by atoms with Crippen molar-refractivity contribution in [3.05, 3.63) is 72.9 Å². The van der Waals surface area contributed by atoms with Gasteiger partial charge < -0.3 is 54.8 Å². The molecule has 0 aromatic carbocycles. The van der Waals surface area contributed by atoms with E-state index in [1.54, 1.807) is 6.08 Å². The van der Waals surface area contributed by atoms with Crippen molar-refractivity contribution in [1.29, 1.82) is 0 Å². The minimum atomic E-state index is -5.40. The Labute approximate surface area is 409 Å². The van der Waals surface area contributed by atoms with E-state index in [9.17, 15) is 64.0 Å². The van der Waals surface area contributed by atoms with Crippen LogP contribution in [-0.4, -0.2) is 125 Å². The number of hydrogen-bond donors (Lipinski definition) is 9. The van der Waals surface area contributed by atoms with Gasteiger partial charge in [0.15, 0.2) is 6.10 Å². The molecule has 20 heteroatoms. The van der Waals surface area contributed by atoms with E-state index in [0.29, 0.717) is 12.8 Å². The second-order valence-electron chi connectivity index (χ2n) is 17.1. The molecule has 69 heavy (non-hydrogen) atoms. The minimum Gasteiger partial charge on any atom is -0.462 e. The van der Waals surface area contributed by atoms with Gasteiger partial charge in [-0.05, 0) is 83.5 Å². The first kappa shape index (κ1) is 64.4. The van der Waals surface area contributed by atoms with Gasteiger partial charge in [-0.2, -0.15) is 0 Å². The molecule has 398 valence electrons. The lowest BCUT2D eigenvalue weighted by molar-refractivity contribution is -0.216. The number of unbranched alkanes of at least 4 members (excludes halogenated alkanes) is 10. The van der Waals surface area contributed by atoms with Gasteiger partial charge in [0.25, 0.3) is 0 Å². The second kappa shape index (κ2) is 39.0. The van der Waals surface area contributed by atoms with E-state index in [-0.39, 0.29) is 32.1 Å². The number of rotatable bonds is 40. The zero-order valence-corrected chi connectivity index (χ0v) is 42.5. The third-order valence-corrected chi connectivity index (χ3v) is 12.5. The number of esters is 2. The number of hydrogen-bond acceptors (Lipinski definition) is 15. The smallest absolute Gasteiger partial charge is 0.462 e. The van der Waals surface area contributed by atoms with Crippen molar-refractivity contribution in [3.8, 4) is 0 Å². The molecule has 1 aliphatic rings. The molecule has 0 heterocycles. The van der Waals surface area contributed by atoms with Crippen LogP contribution >= 0.6 is 15.6 Å². The van der Waals surface area contributed by atoms with Crippen LogP contribution in [0, 0.1) is 0 Å². The number of phosphoric acid groups is 2. The minimum absolute atomic E-state index is 0.0294. The van der Waals surface area contributed by atoms with Crippen molar-refractivity contribution >= 4 is 27.6 Å². The molecule has 1 aliphatic carbocycles. The molecule has 5 unspecified atom stereocenters. The quantitative estimate of drug-likeness (QED) is 0.0124. The lowest BCUT2D eigenvalue weighted by Crippen LogP contribution is -2.64. The third-order valence-electron chi connectivity index (χ3n) is 11.0. The number of carbonyl (C=O) groups excluding carboxylic acids is 2. The van der Waals surface area contributed by atoms with Gasteiger partial charge in [-0.15, -0.1) is 0 Å². The van der Waals surface area contributed by atoms with Crippen LogP contribution in [0.5, 0.6) is 0 Å². The number of allylic oxidation sites excluding steroid dienone is 11. The highest BCUT2D eigenvalue weighted by Crippen LogP contribution is 2.49. The van der Waals surface area contributed by atoms with Crippen molar-refractivity contribution < 1.29 is 87.1 Å². The number of carbonyl (C=O) groups is 2. The number of phosphoric ester groups is 2. The zero-order chi connectivity index (χ0) is 51.3. The Bertz CT molecular complexity index is 1640. The number of ether oxygens (including phenoxy) is 2. The van der Waals surface area contributed by atoms with Crippen LogP contribution in [0.3, 0.4) is 0 Å². The Morgan fingerprint density at radius 3 is 1.59 bits per heavy atom. The van der Waals surface area contributed by atoms with E-state index < -0.39 is 95.7 Å². The first-order valence-electron chi connectivity index (χ1n) is 24.6. The molecule has 0 radical (unpaired) electrons. The summed E-state index contributed by atoms with van der Waals surface area (Å²) < 4.78 is 49.2. The molecule has 0 aromatic heterocycles. The van der Waals surface area contributed by atoms with Crippen LogP contribution in [0.15, 0.2) is 72.9 Å². The molecule has 18 nitrogen and oxygen atoms in total. The van der Waals surface area contributed by atoms with Crippen molar-refractivity contribution in [3.63, 3.8) is 0 Å². The van der Waals surface area contributed by atoms with Gasteiger partial charge in [-0.25, -0.2) is 9.13 Å². The molecule has 1 rings (SSSR count). The summed E-state index contributed by atoms with van der Waals surface area (Å²) in [6.45, 7) is 2.71. The van der Waals surface area contributed by atoms with Crippen molar-refractivity contribution in [2.75, 3.05) is 13.2 Å². The molecular weight excluding hydrogens is 938 g/mol. The SMILES string of the molecule is CC/C=C\C/C=C\C/C=C\C/C=C\C[C@H](O)[C@@H](O)CCCC(=O)OC[C@H](COP(=O)(O)O[C@H]1C(O)C(O)C(O)[C@@H](OP(=O)(O)O)C1O)OC(=O)CCCCCCCCC/C=C\C/C=C\CCCCC. The lowest BCUT2D eigenvalue weighted by Gasteiger charge is -2.43. The Morgan fingerprint density at radius 1 is 0.536 bits per heavy atom. The molecule has 0 spiro atoms. The molecule has 0 aliphatic heterocycles. The Morgan fingerprint density at radius 2 is 1.03 bits per heavy atom. The van der Waals surface area contributed by atoms with Gasteiger partial charge in [-0.1, -0.05) is 132 Å². The Hall–Kier alpha value is -2.64. The number of aliphatic hydroxyl groups excluding tert-OH is 6. The maximum absolute atomic E-state index is 13.0. The highest BCUT2D eigenvalue weighted by atomic mass is 31.2. The monoisotopic (exact) mass is 1020 g/mol. The average molecular weight is 1020 g/mol. The van der Waals surface area contributed by atoms with Gasteiger partial charge in [0.2, 0.25) is 0 Å². The highest BCUT2D eigenvalue weighted by Gasteiger charge is 2.54. The lowest BCUT2D eigenvalue weighted by atomic mass is 9.85. The van der Waals surface area contributed by atoms with Crippen LogP contribution in [0.1, 0.15) is 155 Å². The van der Waals surface area contributed by atoms with E-state index in [0.717, 1.165) is 77.0 Å². The first-order valence-corrected chi connectivity index (χ1v) is 27.7. The second-order valence-corrected chi connectivity index (χ2v) is 19.7. The normalized spacial score (nSPS) is 22.7. The van der Waals surface area contributed by atoms with Crippen LogP contribution < -0.4 is 0 Å². The fourth-order valence-corrected chi connectivity index (χ4v) is 8.56. The molecule has 10 atom stereocenters. The van der Waals surface area contributed by atoms with Crippen LogP contribution in [0.25, 0.3) is 0 Å². The van der Waals surface area contributed by atoms with Crippen LogP contribution in [0.2, 0.25) is 0 Å². The molecule has 1 saturated carbocycles. The Balaban J connectivity index is 2.68. The first-order chi connectivity index (χ1) is 32.9. The predicted molar refractivity (Wildman–Crippen MR) is 262 cm³/mol. The van der Waals surface area contributed by atoms with E-state index in [4.69, 9.17) is 18.5 Å². The summed E-state index contributed by atoms with van der Waals surface area (Å²) >= 11 is 0. The largest absolute Gasteiger partial charge is 0.472 e. The fourth-order valence-electron chi connectivity index (χ4n) is 7.02. The fraction of sp³-hybridized carbons (Fsp3) is 0.714. The molecule has 0 bridgehead atoms. The van der Waals surface area contributed by atoms with Gasteiger partial charge in [-0.3, -0.25) is 23.2 Å². The molecule has 1 fully saturated rings. The van der Waals surface area contributed by atoms with Gasteiger partial charge >= 0.3 is 27.6 Å². The summed E-state index contributed by atoms with van der Waals surface area (Å²) in [5, 5.41) is 62.1. The summed E-state index contributed by atoms with van der Waals surface area (Å²) in [6, 6.07) is 0. The van der Waals surface area contributed by atoms with Gasteiger partial charge in [0, 0.05) is 12.8 Å². The number of aliphatic hydroxyl groups is 6. The van der Waals surface area contributed by atoms with Crippen LogP contribution in [-0.2, 0) is 41.8 Å². The summed E-state index contributed by atoms with van der Waals surface area (Å²) in [6.07, 6.45) is 24.3. The third kappa shape index (κ3) is 32.9. The Kier molecular flexibility index (Phi) is 36.3. The van der Waals surface area contributed by atoms with Crippen LogP contribution in [0.4, 0.5) is 0 Å². The van der Waals surface area contributed by atoms with Gasteiger partial charge in [0.1, 0.15) is 43.2 Å². The summed E-state index contributed by atoms with van der Waals surface area (Å²) in [7, 11) is -10.8. The predicted octanol–water partition coefficient (Wildman–Crippen LogP) is 7.56. The average Bonchev–Trinajstić information content (AvgIpc) is 3.30. The molecule has 9 N–H and O–H groups in total. The molecule has 0 amide bonds. The van der Waals surface area contributed by atoms with Crippen molar-refractivity contribution in [2.45, 2.75) is 210 Å². The van der Waals surface area contributed by atoms with E-state index in [1.165, 1.54) is 19.3 Å². The maximum atomic E-state index is 13.0. The highest BCUT2D eigenvalue weighted by molar-refractivity contribution is 7.47. The topological polar surface area (TPSA) is 296 Å². The van der Waals surface area contributed by atoms with E-state index >= 15 is 0 Å². The van der Waals surface area contributed by atoms with E-state index in [1.807, 2.05) is 18.2 Å². The molecule has 0 aromatic rings. The van der Waals surface area contributed by atoms with E-state index in [2.05, 4.69) is 67.0 Å². The van der Waals surface area contributed by atoms with Crippen molar-refractivity contribution in [2.24, 2.45) is 0 Å². The molecule has 0 saturated heterocycles. The van der Waals surface area contributed by atoms with Crippen molar-refractivity contribution in [1.82, 2.24) is 0 Å². The standard InChI is InChI=1S/C49H84O18P2/c1-3-5-7-9-11-13-15-17-18-19-20-21-23-25-27-29-31-35-43(53)65-39(38-64-69(61,62)67-49-46(56)44(54)45(55)48(47(49)57)66-68(58,59)60)37-63-42(52)36-32-34-41(51)40(50)33-30-28-26-24-22-16-14-12-10-8-6-4-2/h6,8,11-14,17-18,22,24,28,30,39-41,44-51,54-57H,3-5,7,9-10,15-16,19-21,23,25-27,29,31-38H2,1-2H3,(H,61,62)(H2,58,59,60)/b8-6-,13-11-,14-12-,18-17-,24-22-,30-28-/t39-,40+,41+,44?,45?,46?,47?,48-,49+/m1/s1. The molecular formula is C49H84O18P2. The summed E-state index contributed by atoms with van der Waals surface area (Å²) in [4.78, 5) is 54.4.